The van der Waals surface area contributed by atoms with Gasteiger partial charge in [0.05, 0.1) is 5.92 Å². The first-order valence-electron chi connectivity index (χ1n) is 11.6. The van der Waals surface area contributed by atoms with Crippen LogP contribution in [0.5, 0.6) is 11.5 Å². The lowest BCUT2D eigenvalue weighted by molar-refractivity contribution is -0.141. The van der Waals surface area contributed by atoms with Gasteiger partial charge in [-0.1, -0.05) is 66.7 Å². The van der Waals surface area contributed by atoms with Crippen molar-refractivity contribution in [2.45, 2.75) is 37.3 Å². The van der Waals surface area contributed by atoms with Crippen LogP contribution in [-0.4, -0.2) is 34.2 Å². The minimum Gasteiger partial charge on any atom is -0.481 e. The van der Waals surface area contributed by atoms with Gasteiger partial charge in [0.25, 0.3) is 0 Å². The van der Waals surface area contributed by atoms with Crippen molar-refractivity contribution in [1.82, 2.24) is 5.32 Å². The van der Waals surface area contributed by atoms with E-state index in [0.29, 0.717) is 12.8 Å². The van der Waals surface area contributed by atoms with Gasteiger partial charge in [-0.3, -0.25) is 9.59 Å². The second kappa shape index (κ2) is 9.31. The third-order valence-corrected chi connectivity index (χ3v) is 7.03. The van der Waals surface area contributed by atoms with Gasteiger partial charge in [-0.2, -0.15) is 0 Å². The minimum absolute atomic E-state index is 0.0891. The van der Waals surface area contributed by atoms with E-state index in [2.05, 4.69) is 5.32 Å². The average molecular weight is 458 g/mol. The van der Waals surface area contributed by atoms with Gasteiger partial charge in [0.15, 0.2) is 0 Å². The quantitative estimate of drug-likeness (QED) is 0.432. The van der Waals surface area contributed by atoms with Crippen molar-refractivity contribution in [3.05, 3.63) is 95.6 Å². The fourth-order valence-electron chi connectivity index (χ4n) is 5.25. The summed E-state index contributed by atoms with van der Waals surface area (Å²) >= 11 is 0. The summed E-state index contributed by atoms with van der Waals surface area (Å²) in [6, 6.07) is 24.1. The summed E-state index contributed by atoms with van der Waals surface area (Å²) in [7, 11) is 0. The predicted octanol–water partition coefficient (Wildman–Crippen LogP) is 4.69. The number of carboxylic acid groups (broad SMARTS) is 2. The number of para-hydroxylation sites is 2. The molecule has 174 valence electrons. The Morgan fingerprint density at radius 1 is 0.853 bits per heavy atom. The third kappa shape index (κ3) is 4.41. The van der Waals surface area contributed by atoms with Crippen LogP contribution in [0.4, 0.5) is 0 Å². The van der Waals surface area contributed by atoms with Crippen LogP contribution in [0, 0.1) is 11.8 Å². The molecular formula is C28H27NO5. The number of fused-ring (bicyclic) bond motifs is 2. The van der Waals surface area contributed by atoms with E-state index in [1.54, 1.807) is 0 Å². The molecule has 4 unspecified atom stereocenters. The molecule has 0 aromatic heterocycles. The highest BCUT2D eigenvalue weighted by Crippen LogP contribution is 2.47. The van der Waals surface area contributed by atoms with Crippen LogP contribution < -0.4 is 10.1 Å². The Morgan fingerprint density at radius 3 is 2.03 bits per heavy atom. The normalized spacial score (nSPS) is 21.6. The van der Waals surface area contributed by atoms with Gasteiger partial charge in [0.1, 0.15) is 17.5 Å². The molecule has 2 aliphatic rings. The summed E-state index contributed by atoms with van der Waals surface area (Å²) in [6.07, 6.45) is 1.78. The van der Waals surface area contributed by atoms with Crippen LogP contribution in [0.25, 0.3) is 0 Å². The fourth-order valence-corrected chi connectivity index (χ4v) is 5.25. The lowest BCUT2D eigenvalue weighted by Gasteiger charge is -2.30. The fraction of sp³-hybridized carbons (Fsp3) is 0.286. The monoisotopic (exact) mass is 457 g/mol. The summed E-state index contributed by atoms with van der Waals surface area (Å²) in [5, 5.41) is 23.0. The highest BCUT2D eigenvalue weighted by Gasteiger charge is 2.55. The summed E-state index contributed by atoms with van der Waals surface area (Å²) in [6.45, 7) is 0. The lowest BCUT2D eigenvalue weighted by atomic mass is 9.83. The molecule has 0 amide bonds. The van der Waals surface area contributed by atoms with E-state index in [0.717, 1.165) is 34.6 Å². The molecule has 5 rings (SSSR count). The highest BCUT2D eigenvalue weighted by molar-refractivity contribution is 5.77. The van der Waals surface area contributed by atoms with Crippen LogP contribution in [-0.2, 0) is 16.0 Å². The smallest absolute Gasteiger partial charge is 0.320 e. The topological polar surface area (TPSA) is 95.9 Å². The molecule has 3 N–H and O–H groups in total. The van der Waals surface area contributed by atoms with Gasteiger partial charge in [-0.25, -0.2) is 0 Å². The SMILES string of the molecule is O=C(O)C(CC1c2ccccc2Oc2ccccc21)NC1C(CCc2ccccc2)C1C(=O)O. The van der Waals surface area contributed by atoms with Crippen LogP contribution >= 0.6 is 0 Å². The zero-order chi connectivity index (χ0) is 23.7. The van der Waals surface area contributed by atoms with E-state index in [1.165, 1.54) is 0 Å². The summed E-state index contributed by atoms with van der Waals surface area (Å²) < 4.78 is 6.04. The van der Waals surface area contributed by atoms with Crippen molar-refractivity contribution in [2.24, 2.45) is 11.8 Å². The molecule has 1 aliphatic carbocycles. The standard InChI is InChI=1S/C28H27NO5/c30-27(31)22(29-26-20(25(26)28(32)33)15-14-17-8-2-1-3-9-17)16-21-18-10-4-6-12-23(18)34-24-13-7-5-11-19(21)24/h1-13,20-22,25-26,29H,14-16H2,(H,30,31)(H,32,33). The number of carboxylic acids is 2. The molecule has 1 saturated carbocycles. The number of hydrogen-bond acceptors (Lipinski definition) is 4. The van der Waals surface area contributed by atoms with Crippen LogP contribution in [0.15, 0.2) is 78.9 Å². The Labute approximate surface area is 198 Å². The number of nitrogens with one attached hydrogen (secondary N) is 1. The van der Waals surface area contributed by atoms with Crippen molar-refractivity contribution < 1.29 is 24.5 Å². The Morgan fingerprint density at radius 2 is 1.44 bits per heavy atom. The summed E-state index contributed by atoms with van der Waals surface area (Å²) in [5.74, 6) is -1.22. The molecule has 1 aliphatic heterocycles. The molecule has 1 fully saturated rings. The first kappa shape index (κ1) is 22.2. The van der Waals surface area contributed by atoms with E-state index >= 15 is 0 Å². The van der Waals surface area contributed by atoms with Crippen LogP contribution in [0.3, 0.4) is 0 Å². The number of aryl methyl sites for hydroxylation is 1. The van der Waals surface area contributed by atoms with Crippen LogP contribution in [0.2, 0.25) is 0 Å². The number of benzene rings is 3. The maximum absolute atomic E-state index is 12.3. The van der Waals surface area contributed by atoms with Gasteiger partial charge in [0, 0.05) is 23.1 Å². The first-order valence-corrected chi connectivity index (χ1v) is 11.6. The van der Waals surface area contributed by atoms with Gasteiger partial charge in [-0.05, 0) is 42.9 Å². The molecule has 4 atom stereocenters. The van der Waals surface area contributed by atoms with Crippen molar-refractivity contribution >= 4 is 11.9 Å². The van der Waals surface area contributed by atoms with Crippen molar-refractivity contribution in [3.8, 4) is 11.5 Å². The Hall–Kier alpha value is -3.64. The molecule has 3 aromatic rings. The van der Waals surface area contributed by atoms with E-state index in [9.17, 15) is 19.8 Å². The summed E-state index contributed by atoms with van der Waals surface area (Å²) in [5.41, 5.74) is 3.04. The van der Waals surface area contributed by atoms with Crippen LogP contribution in [0.1, 0.15) is 35.4 Å². The maximum atomic E-state index is 12.3. The van der Waals surface area contributed by atoms with Gasteiger partial charge < -0.3 is 20.3 Å². The molecule has 6 nitrogen and oxygen atoms in total. The van der Waals surface area contributed by atoms with Gasteiger partial charge in [0.2, 0.25) is 0 Å². The number of aliphatic carboxylic acids is 2. The van der Waals surface area contributed by atoms with Gasteiger partial charge >= 0.3 is 11.9 Å². The minimum atomic E-state index is -0.973. The molecule has 1 heterocycles. The molecule has 0 bridgehead atoms. The molecule has 34 heavy (non-hydrogen) atoms. The Bertz CT molecular complexity index is 1150. The molecule has 0 saturated heterocycles. The lowest BCUT2D eigenvalue weighted by Crippen LogP contribution is -2.41. The Kier molecular flexibility index (Phi) is 6.07. The van der Waals surface area contributed by atoms with E-state index in [-0.39, 0.29) is 17.9 Å². The number of rotatable bonds is 9. The zero-order valence-corrected chi connectivity index (χ0v) is 18.6. The maximum Gasteiger partial charge on any atom is 0.320 e. The summed E-state index contributed by atoms with van der Waals surface area (Å²) in [4.78, 5) is 24.1. The van der Waals surface area contributed by atoms with Gasteiger partial charge in [-0.15, -0.1) is 0 Å². The number of ether oxygens (including phenoxy) is 1. The molecule has 3 aromatic carbocycles. The second-order valence-corrected chi connectivity index (χ2v) is 9.10. The zero-order valence-electron chi connectivity index (χ0n) is 18.6. The van der Waals surface area contributed by atoms with E-state index in [4.69, 9.17) is 4.74 Å². The first-order chi connectivity index (χ1) is 16.5. The van der Waals surface area contributed by atoms with Crippen molar-refractivity contribution in [3.63, 3.8) is 0 Å². The average Bonchev–Trinajstić information content (AvgIpc) is 3.55. The largest absolute Gasteiger partial charge is 0.481 e. The van der Waals surface area contributed by atoms with Crippen molar-refractivity contribution in [1.29, 1.82) is 0 Å². The van der Waals surface area contributed by atoms with E-state index in [1.807, 2.05) is 78.9 Å². The molecule has 0 radical (unpaired) electrons. The highest BCUT2D eigenvalue weighted by atomic mass is 16.5. The predicted molar refractivity (Wildman–Crippen MR) is 127 cm³/mol. The molecular weight excluding hydrogens is 430 g/mol. The second-order valence-electron chi connectivity index (χ2n) is 9.10. The Balaban J connectivity index is 1.34. The molecule has 6 heteroatoms. The molecule has 0 spiro atoms. The van der Waals surface area contributed by atoms with E-state index < -0.39 is 23.9 Å². The van der Waals surface area contributed by atoms with Crippen molar-refractivity contribution in [2.75, 3.05) is 0 Å². The number of carbonyl (C=O) groups is 2. The number of hydrogen-bond donors (Lipinski definition) is 3. The third-order valence-electron chi connectivity index (χ3n) is 7.03.